The highest BCUT2D eigenvalue weighted by molar-refractivity contribution is 7.90. The maximum Gasteiger partial charge on any atom is 0.256 e. The molecule has 0 aliphatic carbocycles. The van der Waals surface area contributed by atoms with Crippen molar-refractivity contribution in [2.24, 2.45) is 0 Å². The van der Waals surface area contributed by atoms with E-state index in [1.807, 2.05) is 24.3 Å². The zero-order chi connectivity index (χ0) is 23.6. The van der Waals surface area contributed by atoms with Gasteiger partial charge in [0.25, 0.3) is 5.91 Å². The summed E-state index contributed by atoms with van der Waals surface area (Å²) in [7, 11) is -3.58. The molecule has 8 heteroatoms. The van der Waals surface area contributed by atoms with E-state index in [9.17, 15) is 17.6 Å². The summed E-state index contributed by atoms with van der Waals surface area (Å²) in [6.07, 6.45) is 2.73. The quantitative estimate of drug-likeness (QED) is 0.388. The number of nitrogens with one attached hydrogen (secondary N) is 1. The Morgan fingerprint density at radius 1 is 0.939 bits per heavy atom. The van der Waals surface area contributed by atoms with Gasteiger partial charge in [-0.2, -0.15) is 0 Å². The van der Waals surface area contributed by atoms with Crippen LogP contribution in [0.2, 0.25) is 5.02 Å². The van der Waals surface area contributed by atoms with Crippen LogP contribution in [-0.4, -0.2) is 25.6 Å². The highest BCUT2D eigenvalue weighted by Crippen LogP contribution is 2.31. The fourth-order valence-corrected chi connectivity index (χ4v) is 4.18. The third-order valence-electron chi connectivity index (χ3n) is 4.97. The van der Waals surface area contributed by atoms with Crippen molar-refractivity contribution in [1.29, 1.82) is 0 Å². The first-order chi connectivity index (χ1) is 15.7. The molecule has 0 atom stereocenters. The minimum atomic E-state index is -3.58. The van der Waals surface area contributed by atoms with Crippen LogP contribution in [0.5, 0.6) is 0 Å². The molecule has 0 aliphatic heterocycles. The molecule has 4 aromatic rings. The van der Waals surface area contributed by atoms with Gasteiger partial charge >= 0.3 is 0 Å². The Kier molecular flexibility index (Phi) is 6.26. The lowest BCUT2D eigenvalue weighted by Gasteiger charge is -2.14. The van der Waals surface area contributed by atoms with E-state index in [0.29, 0.717) is 5.69 Å². The number of hydrogen-bond donors (Lipinski definition) is 1. The van der Waals surface area contributed by atoms with Gasteiger partial charge in [0.05, 0.1) is 10.6 Å². The van der Waals surface area contributed by atoms with E-state index in [0.717, 1.165) is 23.6 Å². The van der Waals surface area contributed by atoms with E-state index in [4.69, 9.17) is 11.6 Å². The second kappa shape index (κ2) is 9.13. The van der Waals surface area contributed by atoms with Crippen molar-refractivity contribution in [3.63, 3.8) is 0 Å². The lowest BCUT2D eigenvalue weighted by atomic mass is 9.98. The first kappa shape index (κ1) is 22.6. The Hall–Kier alpha value is -3.55. The Morgan fingerprint density at radius 3 is 2.45 bits per heavy atom. The Balaban J connectivity index is 1.75. The molecular weight excluding hydrogens is 463 g/mol. The van der Waals surface area contributed by atoms with Crippen LogP contribution in [0.1, 0.15) is 10.4 Å². The lowest BCUT2D eigenvalue weighted by molar-refractivity contribution is 0.102. The van der Waals surface area contributed by atoms with Crippen LogP contribution in [0.25, 0.3) is 22.4 Å². The van der Waals surface area contributed by atoms with E-state index in [-0.39, 0.29) is 26.6 Å². The fraction of sp³-hybridized carbons (Fsp3) is 0.0400. The average Bonchev–Trinajstić information content (AvgIpc) is 2.79. The van der Waals surface area contributed by atoms with Crippen molar-refractivity contribution in [2.75, 3.05) is 11.6 Å². The normalized spacial score (nSPS) is 11.2. The van der Waals surface area contributed by atoms with Crippen LogP contribution in [0.3, 0.4) is 0 Å². The first-order valence-electron chi connectivity index (χ1n) is 9.85. The van der Waals surface area contributed by atoms with Crippen molar-refractivity contribution in [1.82, 2.24) is 4.98 Å². The van der Waals surface area contributed by atoms with Gasteiger partial charge in [0.2, 0.25) is 0 Å². The van der Waals surface area contributed by atoms with E-state index in [1.165, 1.54) is 30.3 Å². The predicted molar refractivity (Wildman–Crippen MR) is 128 cm³/mol. The molecule has 1 heterocycles. The van der Waals surface area contributed by atoms with E-state index in [2.05, 4.69) is 10.3 Å². The smallest absolute Gasteiger partial charge is 0.256 e. The Morgan fingerprint density at radius 2 is 1.76 bits per heavy atom. The molecule has 0 bridgehead atoms. The molecule has 0 aliphatic rings. The molecule has 1 N–H and O–H groups in total. The number of amides is 1. The summed E-state index contributed by atoms with van der Waals surface area (Å²) >= 11 is 5.86. The molecule has 3 aromatic carbocycles. The molecule has 0 spiro atoms. The highest BCUT2D eigenvalue weighted by atomic mass is 35.5. The van der Waals surface area contributed by atoms with Crippen LogP contribution < -0.4 is 5.32 Å². The topological polar surface area (TPSA) is 76.1 Å². The minimum Gasteiger partial charge on any atom is -0.322 e. The number of pyridine rings is 1. The number of anilines is 1. The summed E-state index contributed by atoms with van der Waals surface area (Å²) < 4.78 is 38.9. The SMILES string of the molecule is CS(=O)(=O)c1ccc(C(=O)Nc2cccc(-c3ccccn3)c2)c(-c2ccc(Cl)cc2F)c1. The number of benzene rings is 3. The molecule has 5 nitrogen and oxygen atoms in total. The van der Waals surface area contributed by atoms with Crippen molar-refractivity contribution in [2.45, 2.75) is 4.90 Å². The summed E-state index contributed by atoms with van der Waals surface area (Å²) in [5.74, 6) is -1.18. The highest BCUT2D eigenvalue weighted by Gasteiger charge is 2.19. The zero-order valence-electron chi connectivity index (χ0n) is 17.4. The summed E-state index contributed by atoms with van der Waals surface area (Å²) in [6.45, 7) is 0. The number of aromatic nitrogens is 1. The molecule has 1 amide bonds. The summed E-state index contributed by atoms with van der Waals surface area (Å²) in [6, 6.07) is 20.7. The number of sulfone groups is 1. The third kappa shape index (κ3) is 5.10. The van der Waals surface area contributed by atoms with Crippen molar-refractivity contribution in [3.8, 4) is 22.4 Å². The number of rotatable bonds is 5. The molecule has 0 fully saturated rings. The van der Waals surface area contributed by atoms with Crippen LogP contribution >= 0.6 is 11.6 Å². The maximum absolute atomic E-state index is 14.7. The Bertz CT molecular complexity index is 1460. The maximum atomic E-state index is 14.7. The average molecular weight is 481 g/mol. The van der Waals surface area contributed by atoms with Crippen molar-refractivity contribution < 1.29 is 17.6 Å². The van der Waals surface area contributed by atoms with Crippen molar-refractivity contribution in [3.05, 3.63) is 101 Å². The van der Waals surface area contributed by atoms with Crippen LogP contribution in [0.4, 0.5) is 10.1 Å². The van der Waals surface area contributed by atoms with Gasteiger partial charge in [-0.05, 0) is 66.2 Å². The van der Waals surface area contributed by atoms with Gasteiger partial charge in [0.1, 0.15) is 5.82 Å². The molecule has 0 saturated heterocycles. The van der Waals surface area contributed by atoms with Gasteiger partial charge in [0.15, 0.2) is 9.84 Å². The van der Waals surface area contributed by atoms with Gasteiger partial charge in [-0.3, -0.25) is 9.78 Å². The molecule has 4 rings (SSSR count). The van der Waals surface area contributed by atoms with Gasteiger partial charge < -0.3 is 5.32 Å². The largest absolute Gasteiger partial charge is 0.322 e. The van der Waals surface area contributed by atoms with E-state index >= 15 is 0 Å². The number of hydrogen-bond acceptors (Lipinski definition) is 4. The monoisotopic (exact) mass is 480 g/mol. The lowest BCUT2D eigenvalue weighted by Crippen LogP contribution is -2.14. The minimum absolute atomic E-state index is 0.0273. The van der Waals surface area contributed by atoms with Crippen molar-refractivity contribution >= 4 is 33.0 Å². The molecule has 166 valence electrons. The Labute approximate surface area is 195 Å². The van der Waals surface area contributed by atoms with E-state index < -0.39 is 21.6 Å². The van der Waals surface area contributed by atoms with Gasteiger partial charge in [0, 0.05) is 39.9 Å². The molecular formula is C25H18ClFN2O3S. The summed E-state index contributed by atoms with van der Waals surface area (Å²) in [5, 5.41) is 2.99. The standard InChI is InChI=1S/C25H18ClFN2O3S/c1-33(31,32)19-9-11-21(22(15-19)20-10-8-17(26)14-23(20)27)25(30)29-18-6-4-5-16(13-18)24-7-2-3-12-28-24/h2-15H,1H3,(H,29,30). The third-order valence-corrected chi connectivity index (χ3v) is 6.31. The van der Waals surface area contributed by atoms with E-state index in [1.54, 1.807) is 24.4 Å². The number of halogens is 2. The summed E-state index contributed by atoms with van der Waals surface area (Å²) in [4.78, 5) is 17.5. The van der Waals surface area contributed by atoms with Crippen LogP contribution in [-0.2, 0) is 9.84 Å². The van der Waals surface area contributed by atoms with Gasteiger partial charge in [-0.15, -0.1) is 0 Å². The fourth-order valence-electron chi connectivity index (χ4n) is 3.37. The molecule has 0 saturated carbocycles. The van der Waals surface area contributed by atoms with Gasteiger partial charge in [-0.1, -0.05) is 29.8 Å². The molecule has 33 heavy (non-hydrogen) atoms. The first-order valence-corrected chi connectivity index (χ1v) is 12.1. The second-order valence-corrected chi connectivity index (χ2v) is 9.81. The molecule has 1 aromatic heterocycles. The number of carbonyl (C=O) groups excluding carboxylic acids is 1. The zero-order valence-corrected chi connectivity index (χ0v) is 19.0. The van der Waals surface area contributed by atoms with Crippen LogP contribution in [0.15, 0.2) is 90.0 Å². The second-order valence-electron chi connectivity index (χ2n) is 7.35. The number of carbonyl (C=O) groups is 1. The number of nitrogens with zero attached hydrogens (tertiary/aromatic N) is 1. The molecule has 0 radical (unpaired) electrons. The predicted octanol–water partition coefficient (Wildman–Crippen LogP) is 5.86. The molecule has 0 unspecified atom stereocenters. The van der Waals surface area contributed by atoms with Crippen LogP contribution in [0, 0.1) is 5.82 Å². The summed E-state index contributed by atoms with van der Waals surface area (Å²) in [5.41, 5.74) is 2.40. The van der Waals surface area contributed by atoms with Gasteiger partial charge in [-0.25, -0.2) is 12.8 Å².